The Hall–Kier alpha value is -1.26. The Morgan fingerprint density at radius 2 is 2.09 bits per heavy atom. The summed E-state index contributed by atoms with van der Waals surface area (Å²) in [7, 11) is 0. The van der Waals surface area contributed by atoms with Crippen LogP contribution in [0, 0.1) is 5.92 Å². The van der Waals surface area contributed by atoms with E-state index in [1.54, 1.807) is 5.48 Å². The molecule has 1 fully saturated rings. The molecule has 2 amide bonds. The molecule has 8 heteroatoms. The molecule has 1 saturated heterocycles. The third-order valence-corrected chi connectivity index (χ3v) is 6.80. The first-order valence-corrected chi connectivity index (χ1v) is 10.3. The monoisotopic (exact) mass is 448 g/mol. The predicted octanol–water partition coefficient (Wildman–Crippen LogP) is -2.15. The Balaban J connectivity index is 2.08. The van der Waals surface area contributed by atoms with Gasteiger partial charge in [0.05, 0.1) is 0 Å². The second kappa shape index (κ2) is 8.02. The van der Waals surface area contributed by atoms with Crippen molar-refractivity contribution < 1.29 is 36.0 Å². The minimum atomic E-state index is -0.807. The number of alkyl halides is 2. The minimum absolute atomic E-state index is 0.170. The van der Waals surface area contributed by atoms with Gasteiger partial charge in [-0.15, -0.1) is 0 Å². The van der Waals surface area contributed by atoms with Gasteiger partial charge in [-0.3, -0.25) is 0 Å². The number of hydroxylamine groups is 1. The van der Waals surface area contributed by atoms with Crippen LogP contribution in [0.1, 0.15) is 19.4 Å². The molecule has 0 saturated carbocycles. The van der Waals surface area contributed by atoms with Gasteiger partial charge in [-0.25, -0.2) is 0 Å². The number of hydrogen-bond acceptors (Lipinski definition) is 4. The molecule has 1 aliphatic rings. The van der Waals surface area contributed by atoms with Crippen LogP contribution >= 0.6 is 12.2 Å². The first-order valence-electron chi connectivity index (χ1n) is 7.15. The molecule has 23 heavy (non-hydrogen) atoms. The molecule has 1 aromatic carbocycles. The van der Waals surface area contributed by atoms with E-state index in [4.69, 9.17) is 17.4 Å². The third kappa shape index (κ3) is 4.18. The Morgan fingerprint density at radius 3 is 2.65 bits per heavy atom. The summed E-state index contributed by atoms with van der Waals surface area (Å²) >= 11 is 4.73. The fraction of sp³-hybridized carbons (Fsp3) is 0.400. The zero-order valence-electron chi connectivity index (χ0n) is 12.8. The molecule has 126 valence electrons. The van der Waals surface area contributed by atoms with E-state index >= 15 is 0 Å². The number of benzene rings is 1. The molecule has 2 atom stereocenters. The Kier molecular flexibility index (Phi) is 6.31. The number of nitrogens with one attached hydrogen (secondary N) is 2. The molecule has 0 aliphatic carbocycles. The first-order chi connectivity index (χ1) is 11.0. The predicted molar refractivity (Wildman–Crippen MR) is 85.1 cm³/mol. The van der Waals surface area contributed by atoms with Gasteiger partial charge in [0.2, 0.25) is 0 Å². The number of hydrogen-bond donors (Lipinski definition) is 3. The average molecular weight is 448 g/mol. The van der Waals surface area contributed by atoms with Gasteiger partial charge in [0.15, 0.2) is 0 Å². The molecule has 1 unspecified atom stereocenters. The van der Waals surface area contributed by atoms with Gasteiger partial charge >= 0.3 is 151 Å². The zero-order valence-corrected chi connectivity index (χ0v) is 15.8. The maximum absolute atomic E-state index is 12.6. The summed E-state index contributed by atoms with van der Waals surface area (Å²) in [5.41, 5.74) is 2.81. The Morgan fingerprint density at radius 1 is 1.43 bits per heavy atom. The molecule has 0 radical (unpaired) electrons. The van der Waals surface area contributed by atoms with Crippen molar-refractivity contribution in [3.63, 3.8) is 0 Å². The number of amides is 2. The van der Waals surface area contributed by atoms with E-state index in [1.165, 1.54) is 10.5 Å². The van der Waals surface area contributed by atoms with Crippen LogP contribution < -0.4 is 32.0 Å². The van der Waals surface area contributed by atoms with Crippen molar-refractivity contribution >= 4 is 29.1 Å². The quantitative estimate of drug-likeness (QED) is 0.116. The zero-order chi connectivity index (χ0) is 17.0. The van der Waals surface area contributed by atoms with Gasteiger partial charge in [-0.2, -0.15) is 0 Å². The van der Waals surface area contributed by atoms with Crippen molar-refractivity contribution in [1.82, 2.24) is 15.7 Å². The van der Waals surface area contributed by atoms with Crippen molar-refractivity contribution in [2.75, 3.05) is 0 Å². The number of rotatable bonds is 6. The van der Waals surface area contributed by atoms with E-state index in [9.17, 15) is 9.59 Å². The molecular formula is C15H19IN3O3S-. The normalized spacial score (nSPS) is 19.1. The van der Waals surface area contributed by atoms with Crippen LogP contribution in [0.4, 0.5) is 0 Å². The number of thiocarbonyl (C=S) groups is 1. The summed E-state index contributed by atoms with van der Waals surface area (Å²) in [6, 6.07) is 9.16. The summed E-state index contributed by atoms with van der Waals surface area (Å²) < 4.78 is 0.507. The maximum atomic E-state index is 12.6. The number of carbonyl (C=O) groups is 2. The van der Waals surface area contributed by atoms with Crippen LogP contribution in [-0.2, 0) is 14.0 Å². The fourth-order valence-electron chi connectivity index (χ4n) is 2.35. The molecule has 1 aliphatic heterocycles. The standard InChI is InChI=1S/C15H19IN3O3S/c1-9(2)11(13(20)18-22)19-14(21)12(17-15(19)23)16-8-10-6-4-3-5-7-10/h3-7,9,11-12,22H,8H2,1-2H3,(H,17,23)(H,18,20)/q-1/t11?,12-/m1/s1. The first kappa shape index (κ1) is 18.1. The van der Waals surface area contributed by atoms with Crippen LogP contribution in [0.25, 0.3) is 0 Å². The van der Waals surface area contributed by atoms with Crippen LogP contribution in [0.3, 0.4) is 0 Å². The van der Waals surface area contributed by atoms with E-state index in [2.05, 4.69) is 5.32 Å². The van der Waals surface area contributed by atoms with Crippen molar-refractivity contribution in [3.05, 3.63) is 35.9 Å². The van der Waals surface area contributed by atoms with Crippen LogP contribution in [0.5, 0.6) is 0 Å². The molecule has 1 heterocycles. The molecular weight excluding hydrogens is 429 g/mol. The van der Waals surface area contributed by atoms with Gasteiger partial charge in [-0.1, -0.05) is 0 Å². The van der Waals surface area contributed by atoms with E-state index in [-0.39, 0.29) is 21.0 Å². The number of nitrogens with zero attached hydrogens (tertiary/aromatic N) is 1. The summed E-state index contributed by atoms with van der Waals surface area (Å²) in [6.45, 7) is 3.62. The molecule has 0 aromatic heterocycles. The third-order valence-electron chi connectivity index (χ3n) is 3.44. The fourth-order valence-corrected chi connectivity index (χ4v) is 5.53. The van der Waals surface area contributed by atoms with Crippen LogP contribution in [0.15, 0.2) is 30.3 Å². The Labute approximate surface area is 150 Å². The van der Waals surface area contributed by atoms with Gasteiger partial charge in [0, 0.05) is 0 Å². The number of carbonyl (C=O) groups excluding carboxylic acids is 2. The van der Waals surface area contributed by atoms with Crippen molar-refractivity contribution in [3.8, 4) is 0 Å². The van der Waals surface area contributed by atoms with E-state index in [1.807, 2.05) is 44.2 Å². The van der Waals surface area contributed by atoms with Crippen molar-refractivity contribution in [2.24, 2.45) is 5.92 Å². The Bertz CT molecular complexity index is 597. The van der Waals surface area contributed by atoms with Crippen molar-refractivity contribution in [1.29, 1.82) is 0 Å². The second-order valence-corrected chi connectivity index (χ2v) is 8.73. The average Bonchev–Trinajstić information content (AvgIpc) is 2.81. The molecule has 1 aromatic rings. The van der Waals surface area contributed by atoms with Crippen molar-refractivity contribution in [2.45, 2.75) is 28.4 Å². The van der Waals surface area contributed by atoms with E-state index < -0.39 is 33.2 Å². The van der Waals surface area contributed by atoms with Gasteiger partial charge in [-0.05, 0) is 0 Å². The number of halogens is 1. The summed E-state index contributed by atoms with van der Waals surface area (Å²) in [5.74, 6) is -0.975. The van der Waals surface area contributed by atoms with Gasteiger partial charge < -0.3 is 0 Å². The topological polar surface area (TPSA) is 81.7 Å². The molecule has 3 N–H and O–H groups in total. The summed E-state index contributed by atoms with van der Waals surface area (Å²) in [6.07, 6.45) is 0. The van der Waals surface area contributed by atoms with Crippen LogP contribution in [-0.4, -0.2) is 37.1 Å². The van der Waals surface area contributed by atoms with Gasteiger partial charge in [0.1, 0.15) is 0 Å². The molecule has 2 rings (SSSR count). The summed E-state index contributed by atoms with van der Waals surface area (Å²) in [4.78, 5) is 25.8. The molecule has 0 spiro atoms. The van der Waals surface area contributed by atoms with Crippen LogP contribution in [0.2, 0.25) is 0 Å². The second-order valence-electron chi connectivity index (χ2n) is 5.46. The van der Waals surface area contributed by atoms with E-state index in [0.29, 0.717) is 0 Å². The molecule has 6 nitrogen and oxygen atoms in total. The SMILES string of the molecule is CC(C)C(C(=O)NO)N1C(=O)[C@H]([I-]Cc2ccccc2)NC1=S. The molecule has 0 bridgehead atoms. The summed E-state index contributed by atoms with van der Waals surface area (Å²) in [5, 5.41) is 12.2. The van der Waals surface area contributed by atoms with E-state index in [0.717, 1.165) is 4.43 Å². The van der Waals surface area contributed by atoms with Gasteiger partial charge in [0.25, 0.3) is 0 Å².